The van der Waals surface area contributed by atoms with Gasteiger partial charge >= 0.3 is 5.97 Å². The van der Waals surface area contributed by atoms with Gasteiger partial charge in [0.1, 0.15) is 29.2 Å². The number of rotatable bonds is 5. The smallest absolute Gasteiger partial charge is 0.307 e. The second-order valence-corrected chi connectivity index (χ2v) is 8.12. The van der Waals surface area contributed by atoms with Crippen molar-refractivity contribution in [1.82, 2.24) is 14.5 Å². The number of fused-ring (bicyclic) bond motifs is 1. The van der Waals surface area contributed by atoms with E-state index in [9.17, 15) is 9.90 Å². The number of aromatic nitrogens is 3. The molecule has 0 amide bonds. The summed E-state index contributed by atoms with van der Waals surface area (Å²) in [6.07, 6.45) is 2.49. The molecule has 3 N–H and O–H groups in total. The van der Waals surface area contributed by atoms with E-state index in [2.05, 4.69) is 9.55 Å². The first kappa shape index (κ1) is 17.3. The highest BCUT2D eigenvalue weighted by atomic mass is 16.5. The van der Waals surface area contributed by atoms with E-state index in [0.717, 1.165) is 46.6 Å². The SMILES string of the molecule is Nc1nc2cc(-c3nc4cc(C[C@H](C(=O)O)C5CC5)cc5c4n3CCO5)ccc2o1. The first-order chi connectivity index (χ1) is 14.6. The third kappa shape index (κ3) is 2.71. The molecule has 2 aliphatic rings. The van der Waals surface area contributed by atoms with Crippen molar-refractivity contribution in [3.8, 4) is 17.1 Å². The molecule has 4 aromatic rings. The molecule has 1 saturated carbocycles. The molecule has 0 saturated heterocycles. The van der Waals surface area contributed by atoms with Crippen molar-refractivity contribution in [2.75, 3.05) is 12.3 Å². The summed E-state index contributed by atoms with van der Waals surface area (Å²) >= 11 is 0. The summed E-state index contributed by atoms with van der Waals surface area (Å²) in [6, 6.07) is 9.83. The number of carbonyl (C=O) groups is 1. The van der Waals surface area contributed by atoms with Crippen LogP contribution in [0.4, 0.5) is 6.01 Å². The van der Waals surface area contributed by atoms with E-state index >= 15 is 0 Å². The number of carboxylic acids is 1. The van der Waals surface area contributed by atoms with Crippen molar-refractivity contribution in [2.45, 2.75) is 25.8 Å². The van der Waals surface area contributed by atoms with E-state index in [1.807, 2.05) is 30.3 Å². The highest BCUT2D eigenvalue weighted by Crippen LogP contribution is 2.41. The van der Waals surface area contributed by atoms with Crippen molar-refractivity contribution < 1.29 is 19.1 Å². The Bertz CT molecular complexity index is 1320. The summed E-state index contributed by atoms with van der Waals surface area (Å²) in [5.41, 5.74) is 10.6. The van der Waals surface area contributed by atoms with Crippen molar-refractivity contribution in [1.29, 1.82) is 0 Å². The second kappa shape index (κ2) is 6.22. The van der Waals surface area contributed by atoms with Gasteiger partial charge in [-0.05, 0) is 61.1 Å². The Morgan fingerprint density at radius 3 is 2.90 bits per heavy atom. The van der Waals surface area contributed by atoms with Gasteiger partial charge in [-0.3, -0.25) is 4.79 Å². The van der Waals surface area contributed by atoms with Crippen molar-refractivity contribution >= 4 is 34.1 Å². The molecular formula is C22H20N4O4. The number of hydrogen-bond donors (Lipinski definition) is 2. The number of carboxylic acid groups (broad SMARTS) is 1. The topological polar surface area (TPSA) is 116 Å². The highest BCUT2D eigenvalue weighted by molar-refractivity contribution is 5.89. The molecule has 2 aromatic heterocycles. The molecule has 2 aromatic carbocycles. The summed E-state index contributed by atoms with van der Waals surface area (Å²) in [5.74, 6) is 0.801. The highest BCUT2D eigenvalue weighted by Gasteiger charge is 2.36. The predicted octanol–water partition coefficient (Wildman–Crippen LogP) is 3.47. The summed E-state index contributed by atoms with van der Waals surface area (Å²) in [7, 11) is 0. The number of ether oxygens (including phenoxy) is 1. The average Bonchev–Trinajstić information content (AvgIpc) is 3.39. The van der Waals surface area contributed by atoms with Crippen LogP contribution in [0, 0.1) is 11.8 Å². The van der Waals surface area contributed by atoms with Gasteiger partial charge in [0.25, 0.3) is 6.01 Å². The zero-order valence-electron chi connectivity index (χ0n) is 16.2. The lowest BCUT2D eigenvalue weighted by molar-refractivity contribution is -0.142. The van der Waals surface area contributed by atoms with Gasteiger partial charge in [0.05, 0.1) is 18.0 Å². The lowest BCUT2D eigenvalue weighted by Gasteiger charge is -2.19. The largest absolute Gasteiger partial charge is 0.489 e. The fourth-order valence-corrected chi connectivity index (χ4v) is 4.49. The van der Waals surface area contributed by atoms with Crippen LogP contribution >= 0.6 is 0 Å². The van der Waals surface area contributed by atoms with Gasteiger partial charge in [0.15, 0.2) is 5.58 Å². The van der Waals surface area contributed by atoms with E-state index in [0.29, 0.717) is 30.7 Å². The Balaban J connectivity index is 1.46. The molecule has 8 nitrogen and oxygen atoms in total. The number of benzene rings is 2. The van der Waals surface area contributed by atoms with Crippen molar-refractivity contribution in [3.63, 3.8) is 0 Å². The maximum Gasteiger partial charge on any atom is 0.307 e. The minimum Gasteiger partial charge on any atom is -0.489 e. The maximum atomic E-state index is 11.7. The zero-order valence-corrected chi connectivity index (χ0v) is 16.2. The Hall–Kier alpha value is -3.55. The molecule has 0 radical (unpaired) electrons. The Morgan fingerprint density at radius 1 is 1.23 bits per heavy atom. The first-order valence-electron chi connectivity index (χ1n) is 10.1. The fourth-order valence-electron chi connectivity index (χ4n) is 4.49. The number of nitrogens with two attached hydrogens (primary N) is 1. The summed E-state index contributed by atoms with van der Waals surface area (Å²) < 4.78 is 13.4. The number of oxazole rings is 1. The molecule has 0 spiro atoms. The van der Waals surface area contributed by atoms with Crippen LogP contribution in [-0.2, 0) is 17.8 Å². The number of hydrogen-bond acceptors (Lipinski definition) is 6. The number of anilines is 1. The lowest BCUT2D eigenvalue weighted by Crippen LogP contribution is -2.19. The van der Waals surface area contributed by atoms with E-state index in [4.69, 9.17) is 19.9 Å². The van der Waals surface area contributed by atoms with Gasteiger partial charge in [-0.25, -0.2) is 4.98 Å². The number of aliphatic carboxylic acids is 1. The quantitative estimate of drug-likeness (QED) is 0.523. The molecule has 152 valence electrons. The summed E-state index contributed by atoms with van der Waals surface area (Å²) in [6.45, 7) is 1.23. The number of imidazole rings is 1. The van der Waals surface area contributed by atoms with Crippen LogP contribution in [0.3, 0.4) is 0 Å². The molecule has 1 fully saturated rings. The Labute approximate surface area is 171 Å². The minimum absolute atomic E-state index is 0.140. The molecule has 30 heavy (non-hydrogen) atoms. The number of nitrogens with zero attached hydrogens (tertiary/aromatic N) is 3. The third-order valence-corrected chi connectivity index (χ3v) is 6.07. The number of nitrogen functional groups attached to an aromatic ring is 1. The predicted molar refractivity (Wildman–Crippen MR) is 110 cm³/mol. The molecular weight excluding hydrogens is 384 g/mol. The molecule has 1 atom stereocenters. The van der Waals surface area contributed by atoms with Crippen molar-refractivity contribution in [2.24, 2.45) is 11.8 Å². The molecule has 6 rings (SSSR count). The van der Waals surface area contributed by atoms with Gasteiger partial charge in [0, 0.05) is 5.56 Å². The minimum atomic E-state index is -0.724. The van der Waals surface area contributed by atoms with Gasteiger partial charge in [-0.15, -0.1) is 0 Å². The maximum absolute atomic E-state index is 11.7. The van der Waals surface area contributed by atoms with Crippen LogP contribution in [-0.4, -0.2) is 32.2 Å². The van der Waals surface area contributed by atoms with Gasteiger partial charge in [0.2, 0.25) is 0 Å². The lowest BCUT2D eigenvalue weighted by atomic mass is 9.94. The summed E-state index contributed by atoms with van der Waals surface area (Å²) in [5, 5.41) is 9.61. The first-order valence-corrected chi connectivity index (χ1v) is 10.1. The normalized spacial score (nSPS) is 16.7. The van der Waals surface area contributed by atoms with Crippen molar-refractivity contribution in [3.05, 3.63) is 35.9 Å². The summed E-state index contributed by atoms with van der Waals surface area (Å²) in [4.78, 5) is 20.8. The fraction of sp³-hybridized carbons (Fsp3) is 0.318. The van der Waals surface area contributed by atoms with E-state index in [1.54, 1.807) is 0 Å². The average molecular weight is 404 g/mol. The van der Waals surface area contributed by atoms with E-state index in [-0.39, 0.29) is 17.9 Å². The van der Waals surface area contributed by atoms with Gasteiger partial charge < -0.3 is 24.6 Å². The van der Waals surface area contributed by atoms with Gasteiger partial charge in [-0.2, -0.15) is 4.98 Å². The van der Waals surface area contributed by atoms with Crippen LogP contribution < -0.4 is 10.5 Å². The monoisotopic (exact) mass is 404 g/mol. The van der Waals surface area contributed by atoms with E-state index in [1.165, 1.54) is 0 Å². The molecule has 3 heterocycles. The second-order valence-electron chi connectivity index (χ2n) is 8.12. The molecule has 8 heteroatoms. The molecule has 1 aliphatic carbocycles. The third-order valence-electron chi connectivity index (χ3n) is 6.07. The van der Waals surface area contributed by atoms with E-state index < -0.39 is 5.97 Å². The molecule has 1 aliphatic heterocycles. The standard InChI is InChI=1S/C22H20N4O4/c23-22-25-15-10-13(3-4-17(15)30-22)20-24-16-8-11(7-14(21(27)28)12-1-2-12)9-18-19(16)26(20)5-6-29-18/h3-4,8-10,12,14H,1-2,5-7H2,(H2,23,25)(H,27,28)/t14-/m0/s1. The van der Waals surface area contributed by atoms with Crippen LogP contribution in [0.1, 0.15) is 18.4 Å². The van der Waals surface area contributed by atoms with Gasteiger partial charge in [-0.1, -0.05) is 0 Å². The Kier molecular flexibility index (Phi) is 3.59. The molecule has 0 unspecified atom stereocenters. The Morgan fingerprint density at radius 2 is 2.10 bits per heavy atom. The van der Waals surface area contributed by atoms with Crippen LogP contribution in [0.15, 0.2) is 34.7 Å². The molecule has 0 bridgehead atoms. The van der Waals surface area contributed by atoms with Crippen LogP contribution in [0.2, 0.25) is 0 Å². The van der Waals surface area contributed by atoms with Crippen LogP contribution in [0.5, 0.6) is 5.75 Å². The zero-order chi connectivity index (χ0) is 20.4. The van der Waals surface area contributed by atoms with Crippen LogP contribution in [0.25, 0.3) is 33.5 Å².